The second kappa shape index (κ2) is 6.13. The topological polar surface area (TPSA) is 54.5 Å². The number of carbonyl (C=O) groups is 1. The van der Waals surface area contributed by atoms with Crippen molar-refractivity contribution in [1.82, 2.24) is 4.90 Å². The Morgan fingerprint density at radius 1 is 1.38 bits per heavy atom. The number of benzene rings is 1. The highest BCUT2D eigenvalue weighted by atomic mass is 32.2. The molecule has 0 aliphatic carbocycles. The summed E-state index contributed by atoms with van der Waals surface area (Å²) in [5, 5.41) is -0.403. The van der Waals surface area contributed by atoms with Crippen LogP contribution in [0, 0.1) is 12.7 Å². The van der Waals surface area contributed by atoms with E-state index in [9.17, 15) is 17.6 Å². The summed E-state index contributed by atoms with van der Waals surface area (Å²) < 4.78 is 36.4. The van der Waals surface area contributed by atoms with Gasteiger partial charge in [-0.1, -0.05) is 19.1 Å². The van der Waals surface area contributed by atoms with Gasteiger partial charge in [0.25, 0.3) is 0 Å². The molecule has 1 fully saturated rings. The average molecular weight is 313 g/mol. The summed E-state index contributed by atoms with van der Waals surface area (Å²) in [6.07, 6.45) is 0.867. The molecular weight excluding hydrogens is 293 g/mol. The van der Waals surface area contributed by atoms with Crippen LogP contribution in [0.4, 0.5) is 4.39 Å². The fourth-order valence-electron chi connectivity index (χ4n) is 2.38. The van der Waals surface area contributed by atoms with Crippen molar-refractivity contribution in [2.24, 2.45) is 0 Å². The van der Waals surface area contributed by atoms with Crippen LogP contribution in [0.25, 0.3) is 0 Å². The number of halogens is 1. The number of hydrogen-bond donors (Lipinski definition) is 0. The predicted molar refractivity (Wildman–Crippen MR) is 79.3 cm³/mol. The molecule has 6 heteroatoms. The minimum Gasteiger partial charge on any atom is -0.340 e. The highest BCUT2D eigenvalue weighted by Gasteiger charge is 2.38. The monoisotopic (exact) mass is 313 g/mol. The van der Waals surface area contributed by atoms with Gasteiger partial charge in [-0.2, -0.15) is 0 Å². The molecule has 1 amide bonds. The van der Waals surface area contributed by atoms with Gasteiger partial charge in [-0.05, 0) is 30.5 Å². The van der Waals surface area contributed by atoms with Crippen LogP contribution < -0.4 is 0 Å². The average Bonchev–Trinajstić information content (AvgIpc) is 2.38. The molecule has 1 aromatic carbocycles. The second-order valence-electron chi connectivity index (χ2n) is 5.46. The molecule has 1 heterocycles. The fourth-order valence-corrected chi connectivity index (χ4v) is 3.66. The summed E-state index contributed by atoms with van der Waals surface area (Å²) in [6, 6.07) is 4.82. The van der Waals surface area contributed by atoms with Crippen molar-refractivity contribution in [2.45, 2.75) is 31.9 Å². The Hall–Kier alpha value is -1.43. The maximum Gasteiger partial charge on any atom is 0.222 e. The van der Waals surface area contributed by atoms with E-state index in [1.165, 1.54) is 6.07 Å². The van der Waals surface area contributed by atoms with Crippen molar-refractivity contribution < 1.29 is 17.6 Å². The largest absolute Gasteiger partial charge is 0.340 e. The number of hydrogen-bond acceptors (Lipinski definition) is 3. The van der Waals surface area contributed by atoms with Gasteiger partial charge < -0.3 is 4.90 Å². The molecule has 2 rings (SSSR count). The molecule has 0 N–H and O–H groups in total. The van der Waals surface area contributed by atoms with Crippen molar-refractivity contribution >= 4 is 15.7 Å². The van der Waals surface area contributed by atoms with Gasteiger partial charge in [-0.15, -0.1) is 0 Å². The summed E-state index contributed by atoms with van der Waals surface area (Å²) in [5.41, 5.74) is 1.48. The van der Waals surface area contributed by atoms with Crippen LogP contribution in [0.15, 0.2) is 18.2 Å². The van der Waals surface area contributed by atoms with E-state index in [-0.39, 0.29) is 17.5 Å². The molecule has 0 atom stereocenters. The standard InChI is InChI=1S/C15H20FNO3S/c1-3-21(19,20)13-9-17(10-13)15(18)7-5-12-4-6-14(16)11(2)8-12/h4,6,8,13H,3,5,7,9-10H2,1-2H3. The molecule has 1 aliphatic heterocycles. The molecule has 21 heavy (non-hydrogen) atoms. The second-order valence-corrected chi connectivity index (χ2v) is 8.03. The van der Waals surface area contributed by atoms with E-state index in [0.29, 0.717) is 31.5 Å². The first-order chi connectivity index (χ1) is 9.83. The van der Waals surface area contributed by atoms with Crippen LogP contribution in [-0.4, -0.2) is 43.3 Å². The molecule has 0 saturated carbocycles. The Labute approximate surface area is 124 Å². The molecule has 0 bridgehead atoms. The van der Waals surface area contributed by atoms with Gasteiger partial charge >= 0.3 is 0 Å². The number of nitrogens with zero attached hydrogens (tertiary/aromatic N) is 1. The Bertz CT molecular complexity index is 636. The third-order valence-corrected chi connectivity index (χ3v) is 6.08. The van der Waals surface area contributed by atoms with Gasteiger partial charge in [-0.25, -0.2) is 12.8 Å². The van der Waals surface area contributed by atoms with E-state index in [1.54, 1.807) is 30.9 Å². The zero-order chi connectivity index (χ0) is 15.6. The zero-order valence-corrected chi connectivity index (χ0v) is 13.1. The van der Waals surface area contributed by atoms with Crippen LogP contribution in [0.5, 0.6) is 0 Å². The number of likely N-dealkylation sites (tertiary alicyclic amines) is 1. The summed E-state index contributed by atoms with van der Waals surface area (Å²) in [7, 11) is -3.04. The summed E-state index contributed by atoms with van der Waals surface area (Å²) in [5.74, 6) is -0.172. The number of sulfone groups is 1. The molecule has 4 nitrogen and oxygen atoms in total. The van der Waals surface area contributed by atoms with E-state index in [4.69, 9.17) is 0 Å². The smallest absolute Gasteiger partial charge is 0.222 e. The molecule has 1 aromatic rings. The minimum atomic E-state index is -3.04. The lowest BCUT2D eigenvalue weighted by Gasteiger charge is -2.38. The fraction of sp³-hybridized carbons (Fsp3) is 0.533. The van der Waals surface area contributed by atoms with Crippen molar-refractivity contribution in [2.75, 3.05) is 18.8 Å². The van der Waals surface area contributed by atoms with E-state index >= 15 is 0 Å². The van der Waals surface area contributed by atoms with Gasteiger partial charge in [0.1, 0.15) is 5.82 Å². The number of aryl methyl sites for hydroxylation is 2. The first-order valence-electron chi connectivity index (χ1n) is 7.08. The summed E-state index contributed by atoms with van der Waals surface area (Å²) in [4.78, 5) is 13.5. The van der Waals surface area contributed by atoms with Crippen LogP contribution in [-0.2, 0) is 21.1 Å². The molecule has 116 valence electrons. The van der Waals surface area contributed by atoms with Crippen LogP contribution in [0.1, 0.15) is 24.5 Å². The number of rotatable bonds is 5. The van der Waals surface area contributed by atoms with E-state index in [0.717, 1.165) is 5.56 Å². The van der Waals surface area contributed by atoms with E-state index < -0.39 is 15.1 Å². The van der Waals surface area contributed by atoms with Gasteiger partial charge in [0.05, 0.1) is 5.25 Å². The van der Waals surface area contributed by atoms with Gasteiger partial charge in [0, 0.05) is 25.3 Å². The molecule has 0 unspecified atom stereocenters. The SMILES string of the molecule is CCS(=O)(=O)C1CN(C(=O)CCc2ccc(F)c(C)c2)C1. The quantitative estimate of drug-likeness (QED) is 0.831. The van der Waals surface area contributed by atoms with E-state index in [2.05, 4.69) is 0 Å². The Kier molecular flexibility index (Phi) is 4.66. The van der Waals surface area contributed by atoms with Gasteiger partial charge in [-0.3, -0.25) is 4.79 Å². The molecular formula is C15H20FNO3S. The molecule has 0 spiro atoms. The number of carbonyl (C=O) groups excluding carboxylic acids is 1. The lowest BCUT2D eigenvalue weighted by Crippen LogP contribution is -2.57. The lowest BCUT2D eigenvalue weighted by molar-refractivity contribution is -0.134. The Morgan fingerprint density at radius 3 is 2.62 bits per heavy atom. The molecule has 1 saturated heterocycles. The maximum atomic E-state index is 13.1. The normalized spacial score (nSPS) is 15.9. The van der Waals surface area contributed by atoms with Crippen molar-refractivity contribution in [3.63, 3.8) is 0 Å². The zero-order valence-electron chi connectivity index (χ0n) is 12.3. The highest BCUT2D eigenvalue weighted by molar-refractivity contribution is 7.92. The maximum absolute atomic E-state index is 13.1. The predicted octanol–water partition coefficient (Wildman–Crippen LogP) is 1.71. The lowest BCUT2D eigenvalue weighted by atomic mass is 10.1. The number of amides is 1. The molecule has 0 aromatic heterocycles. The van der Waals surface area contributed by atoms with Gasteiger partial charge in [0.15, 0.2) is 9.84 Å². The third-order valence-electron chi connectivity index (χ3n) is 3.96. The Balaban J connectivity index is 1.83. The van der Waals surface area contributed by atoms with Crippen molar-refractivity contribution in [1.29, 1.82) is 0 Å². The van der Waals surface area contributed by atoms with Crippen LogP contribution in [0.2, 0.25) is 0 Å². The van der Waals surface area contributed by atoms with Crippen molar-refractivity contribution in [3.05, 3.63) is 35.1 Å². The van der Waals surface area contributed by atoms with Gasteiger partial charge in [0.2, 0.25) is 5.91 Å². The molecule has 0 radical (unpaired) electrons. The molecule has 1 aliphatic rings. The first-order valence-corrected chi connectivity index (χ1v) is 8.79. The van der Waals surface area contributed by atoms with Crippen LogP contribution in [0.3, 0.4) is 0 Å². The highest BCUT2D eigenvalue weighted by Crippen LogP contribution is 2.19. The minimum absolute atomic E-state index is 0.0421. The van der Waals surface area contributed by atoms with Crippen LogP contribution >= 0.6 is 0 Å². The summed E-state index contributed by atoms with van der Waals surface area (Å²) >= 11 is 0. The Morgan fingerprint density at radius 2 is 2.05 bits per heavy atom. The third kappa shape index (κ3) is 3.61. The van der Waals surface area contributed by atoms with E-state index in [1.807, 2.05) is 0 Å². The first kappa shape index (κ1) is 15.9. The summed E-state index contributed by atoms with van der Waals surface area (Å²) in [6.45, 7) is 3.92. The van der Waals surface area contributed by atoms with Crippen molar-refractivity contribution in [3.8, 4) is 0 Å².